The summed E-state index contributed by atoms with van der Waals surface area (Å²) in [5.41, 5.74) is 4.12. The number of aryl methyl sites for hydroxylation is 1. The summed E-state index contributed by atoms with van der Waals surface area (Å²) < 4.78 is 12.9. The molecule has 29 heavy (non-hydrogen) atoms. The molecule has 1 aromatic heterocycles. The van der Waals surface area contributed by atoms with Crippen LogP contribution in [0.2, 0.25) is 0 Å². The summed E-state index contributed by atoms with van der Waals surface area (Å²) in [7, 11) is 0. The van der Waals surface area contributed by atoms with Crippen LogP contribution < -0.4 is 9.47 Å². The zero-order valence-corrected chi connectivity index (χ0v) is 16.5. The van der Waals surface area contributed by atoms with E-state index in [4.69, 9.17) is 9.47 Å². The first-order valence-corrected chi connectivity index (χ1v) is 9.63. The molecular weight excluding hydrogens is 364 g/mol. The second-order valence-corrected chi connectivity index (χ2v) is 7.16. The van der Waals surface area contributed by atoms with Crippen molar-refractivity contribution in [3.8, 4) is 11.5 Å². The lowest BCUT2D eigenvalue weighted by Gasteiger charge is -2.22. The van der Waals surface area contributed by atoms with Crippen LogP contribution in [0.25, 0.3) is 0 Å². The van der Waals surface area contributed by atoms with E-state index in [9.17, 15) is 4.79 Å². The second kappa shape index (κ2) is 8.27. The summed E-state index contributed by atoms with van der Waals surface area (Å²) in [6.45, 7) is 7.83. The highest BCUT2D eigenvalue weighted by atomic mass is 16.7. The van der Waals surface area contributed by atoms with Gasteiger partial charge in [-0.25, -0.2) is 0 Å². The average molecular weight is 388 g/mol. The molecule has 0 aliphatic carbocycles. The van der Waals surface area contributed by atoms with E-state index in [0.717, 1.165) is 12.2 Å². The largest absolute Gasteiger partial charge is 0.454 e. The number of fused-ring (bicyclic) bond motifs is 1. The third kappa shape index (κ3) is 4.19. The number of rotatable bonds is 7. The van der Waals surface area contributed by atoms with E-state index in [2.05, 4.69) is 54.6 Å². The van der Waals surface area contributed by atoms with Crippen LogP contribution in [0.15, 0.2) is 73.4 Å². The topological polar surface area (TPSA) is 43.7 Å². The van der Waals surface area contributed by atoms with E-state index in [1.165, 1.54) is 11.1 Å². The van der Waals surface area contributed by atoms with Crippen LogP contribution in [-0.4, -0.2) is 28.7 Å². The van der Waals surface area contributed by atoms with Gasteiger partial charge in [-0.3, -0.25) is 4.79 Å². The van der Waals surface area contributed by atoms with E-state index in [1.807, 2.05) is 6.07 Å². The number of amides is 1. The number of hydrogen-bond acceptors (Lipinski definition) is 3. The van der Waals surface area contributed by atoms with Gasteiger partial charge in [0.05, 0.1) is 6.54 Å². The predicted molar refractivity (Wildman–Crippen MR) is 112 cm³/mol. The number of hydrogen-bond donors (Lipinski definition) is 0. The molecule has 0 radical (unpaired) electrons. The molecule has 5 heteroatoms. The van der Waals surface area contributed by atoms with Crippen LogP contribution >= 0.6 is 0 Å². The summed E-state index contributed by atoms with van der Waals surface area (Å²) >= 11 is 0. The van der Waals surface area contributed by atoms with Gasteiger partial charge in [0.2, 0.25) is 6.79 Å². The third-order valence-corrected chi connectivity index (χ3v) is 4.97. The Labute approximate surface area is 170 Å². The van der Waals surface area contributed by atoms with Crippen molar-refractivity contribution < 1.29 is 14.3 Å². The lowest BCUT2D eigenvalue weighted by molar-refractivity contribution is 0.0759. The number of ether oxygens (including phenoxy) is 2. The summed E-state index contributed by atoms with van der Waals surface area (Å²) in [6.07, 6.45) is 3.80. The lowest BCUT2D eigenvalue weighted by Crippen LogP contribution is -2.31. The molecular formula is C24H24N2O3. The smallest absolute Gasteiger partial charge is 0.254 e. The van der Waals surface area contributed by atoms with Crippen LogP contribution in [-0.2, 0) is 13.1 Å². The molecule has 0 bridgehead atoms. The molecule has 0 unspecified atom stereocenters. The minimum absolute atomic E-state index is 0.0634. The molecule has 0 atom stereocenters. The molecule has 148 valence electrons. The van der Waals surface area contributed by atoms with Gasteiger partial charge in [-0.05, 0) is 42.8 Å². The Hall–Kier alpha value is -3.47. The second-order valence-electron chi connectivity index (χ2n) is 7.16. The monoisotopic (exact) mass is 388 g/mol. The Morgan fingerprint density at radius 3 is 2.83 bits per heavy atom. The van der Waals surface area contributed by atoms with E-state index >= 15 is 0 Å². The zero-order chi connectivity index (χ0) is 20.2. The van der Waals surface area contributed by atoms with E-state index in [0.29, 0.717) is 30.2 Å². The molecule has 0 fully saturated rings. The first-order valence-electron chi connectivity index (χ1n) is 9.63. The molecule has 1 amide bonds. The Morgan fingerprint density at radius 2 is 2.00 bits per heavy atom. The van der Waals surface area contributed by atoms with Crippen molar-refractivity contribution in [1.82, 2.24) is 9.47 Å². The van der Waals surface area contributed by atoms with Crippen LogP contribution in [0.3, 0.4) is 0 Å². The highest BCUT2D eigenvalue weighted by Gasteiger charge is 2.20. The highest BCUT2D eigenvalue weighted by molar-refractivity contribution is 5.95. The normalized spacial score (nSPS) is 12.0. The molecule has 3 aromatic rings. The van der Waals surface area contributed by atoms with Crippen LogP contribution in [0.1, 0.15) is 27.2 Å². The standard InChI is InChI=1S/C24H24N2O3/c1-3-11-26(24(27)20-9-10-22-23(14-20)29-17-28-22)16-21-8-5-12-25(21)15-19-7-4-6-18(2)13-19/h3-10,12-14H,1,11,15-17H2,2H3. The molecule has 2 aromatic carbocycles. The molecule has 0 saturated carbocycles. The molecule has 2 heterocycles. The summed E-state index contributed by atoms with van der Waals surface area (Å²) in [5, 5.41) is 0. The maximum Gasteiger partial charge on any atom is 0.254 e. The van der Waals surface area contributed by atoms with E-state index < -0.39 is 0 Å². The van der Waals surface area contributed by atoms with Gasteiger partial charge in [-0.1, -0.05) is 35.9 Å². The predicted octanol–water partition coefficient (Wildman–Crippen LogP) is 4.40. The van der Waals surface area contributed by atoms with Gasteiger partial charge in [0.25, 0.3) is 5.91 Å². The van der Waals surface area contributed by atoms with Crippen molar-refractivity contribution in [2.45, 2.75) is 20.0 Å². The number of aromatic nitrogens is 1. The highest BCUT2D eigenvalue weighted by Crippen LogP contribution is 2.33. The SMILES string of the molecule is C=CCN(Cc1cccn1Cc1cccc(C)c1)C(=O)c1ccc2c(c1)OCO2. The van der Waals surface area contributed by atoms with Crippen LogP contribution in [0.4, 0.5) is 0 Å². The fraction of sp³-hybridized carbons (Fsp3) is 0.208. The van der Waals surface area contributed by atoms with Crippen molar-refractivity contribution in [3.05, 3.63) is 95.8 Å². The van der Waals surface area contributed by atoms with Gasteiger partial charge < -0.3 is 18.9 Å². The van der Waals surface area contributed by atoms with Gasteiger partial charge >= 0.3 is 0 Å². The Morgan fingerprint density at radius 1 is 1.14 bits per heavy atom. The third-order valence-electron chi connectivity index (χ3n) is 4.97. The van der Waals surface area contributed by atoms with Crippen LogP contribution in [0, 0.1) is 6.92 Å². The summed E-state index contributed by atoms with van der Waals surface area (Å²) in [4.78, 5) is 14.9. The minimum atomic E-state index is -0.0634. The minimum Gasteiger partial charge on any atom is -0.454 e. The van der Waals surface area contributed by atoms with E-state index in [-0.39, 0.29) is 12.7 Å². The number of carbonyl (C=O) groups excluding carboxylic acids is 1. The molecule has 4 rings (SSSR count). The molecule has 1 aliphatic heterocycles. The van der Waals surface area contributed by atoms with Gasteiger partial charge in [-0.2, -0.15) is 0 Å². The molecule has 0 spiro atoms. The first-order chi connectivity index (χ1) is 14.1. The molecule has 1 aliphatic rings. The molecule has 0 saturated heterocycles. The van der Waals surface area contributed by atoms with Crippen molar-refractivity contribution in [2.24, 2.45) is 0 Å². The van der Waals surface area contributed by atoms with Crippen molar-refractivity contribution >= 4 is 5.91 Å². The summed E-state index contributed by atoms with van der Waals surface area (Å²) in [6, 6.07) is 17.8. The number of carbonyl (C=O) groups is 1. The quantitative estimate of drug-likeness (QED) is 0.564. The van der Waals surface area contributed by atoms with E-state index in [1.54, 1.807) is 29.2 Å². The molecule has 0 N–H and O–H groups in total. The van der Waals surface area contributed by atoms with Crippen LogP contribution in [0.5, 0.6) is 11.5 Å². The first kappa shape index (κ1) is 18.9. The average Bonchev–Trinajstić information content (AvgIpc) is 3.36. The zero-order valence-electron chi connectivity index (χ0n) is 16.5. The lowest BCUT2D eigenvalue weighted by atomic mass is 10.1. The Balaban J connectivity index is 1.54. The Bertz CT molecular complexity index is 1040. The maximum absolute atomic E-state index is 13.1. The van der Waals surface area contributed by atoms with Crippen molar-refractivity contribution in [3.63, 3.8) is 0 Å². The Kier molecular flexibility index (Phi) is 5.38. The fourth-order valence-electron chi connectivity index (χ4n) is 3.54. The van der Waals surface area contributed by atoms with Crippen molar-refractivity contribution in [1.29, 1.82) is 0 Å². The number of benzene rings is 2. The number of nitrogens with zero attached hydrogens (tertiary/aromatic N) is 2. The van der Waals surface area contributed by atoms with Crippen molar-refractivity contribution in [2.75, 3.05) is 13.3 Å². The fourth-order valence-corrected chi connectivity index (χ4v) is 3.54. The van der Waals surface area contributed by atoms with Gasteiger partial charge in [0, 0.05) is 30.5 Å². The van der Waals surface area contributed by atoms with Gasteiger partial charge in [0.15, 0.2) is 11.5 Å². The molecule has 5 nitrogen and oxygen atoms in total. The van der Waals surface area contributed by atoms with Gasteiger partial charge in [0.1, 0.15) is 0 Å². The van der Waals surface area contributed by atoms with Gasteiger partial charge in [-0.15, -0.1) is 6.58 Å². The maximum atomic E-state index is 13.1. The summed E-state index contributed by atoms with van der Waals surface area (Å²) in [5.74, 6) is 1.22.